The summed E-state index contributed by atoms with van der Waals surface area (Å²) in [6.07, 6.45) is 0.947. The molecular weight excluding hydrogens is 270 g/mol. The number of hydrogen-bond donors (Lipinski definition) is 1. The predicted octanol–water partition coefficient (Wildman–Crippen LogP) is 2.36. The molecule has 1 heterocycles. The van der Waals surface area contributed by atoms with Crippen LogP contribution in [0, 0.1) is 5.92 Å². The summed E-state index contributed by atoms with van der Waals surface area (Å²) in [5, 5.41) is 0. The maximum atomic E-state index is 5.91. The van der Waals surface area contributed by atoms with Crippen molar-refractivity contribution in [3.8, 4) is 11.5 Å². The number of hydrogen-bond acceptors (Lipinski definition) is 3. The first-order chi connectivity index (χ1) is 7.61. The van der Waals surface area contributed by atoms with Crippen LogP contribution in [-0.4, -0.2) is 19.8 Å². The molecule has 1 aromatic carbocycles. The number of methoxy groups -OCH3 is 1. The Morgan fingerprint density at radius 1 is 1.56 bits per heavy atom. The average molecular weight is 286 g/mol. The van der Waals surface area contributed by atoms with Crippen molar-refractivity contribution in [3.63, 3.8) is 0 Å². The molecule has 3 nitrogen and oxygen atoms in total. The van der Waals surface area contributed by atoms with Gasteiger partial charge in [-0.05, 0) is 47.0 Å². The van der Waals surface area contributed by atoms with Gasteiger partial charge in [0.25, 0.3) is 0 Å². The summed E-state index contributed by atoms with van der Waals surface area (Å²) in [5.41, 5.74) is 7.08. The lowest BCUT2D eigenvalue weighted by molar-refractivity contribution is 0.202. The van der Waals surface area contributed by atoms with E-state index in [9.17, 15) is 0 Å². The molecular formula is C12H16BrNO2. The standard InChI is InChI=1S/C12H16BrNO2/c1-7(14)9-3-8-4-10(15-2)5-11(13)12(8)16-6-9/h4-5,7,9H,3,6,14H2,1-2H3. The third-order valence-corrected chi connectivity index (χ3v) is 3.59. The van der Waals surface area contributed by atoms with Gasteiger partial charge in [0.15, 0.2) is 0 Å². The summed E-state index contributed by atoms with van der Waals surface area (Å²) in [4.78, 5) is 0. The topological polar surface area (TPSA) is 44.5 Å². The van der Waals surface area contributed by atoms with E-state index in [0.29, 0.717) is 12.5 Å². The lowest BCUT2D eigenvalue weighted by Crippen LogP contribution is -2.35. The lowest BCUT2D eigenvalue weighted by Gasteiger charge is -2.28. The molecule has 1 aliphatic heterocycles. The van der Waals surface area contributed by atoms with E-state index in [1.165, 1.54) is 5.56 Å². The molecule has 88 valence electrons. The summed E-state index contributed by atoms with van der Waals surface area (Å²) < 4.78 is 11.9. The van der Waals surface area contributed by atoms with Gasteiger partial charge in [-0.2, -0.15) is 0 Å². The Bertz CT molecular complexity index is 393. The summed E-state index contributed by atoms with van der Waals surface area (Å²) >= 11 is 3.49. The van der Waals surface area contributed by atoms with Crippen molar-refractivity contribution in [3.05, 3.63) is 22.2 Å². The summed E-state index contributed by atoms with van der Waals surface area (Å²) in [6, 6.07) is 4.10. The molecule has 2 atom stereocenters. The van der Waals surface area contributed by atoms with Crippen LogP contribution in [0.2, 0.25) is 0 Å². The highest BCUT2D eigenvalue weighted by molar-refractivity contribution is 9.10. The Labute approximate surface area is 104 Å². The number of fused-ring (bicyclic) bond motifs is 1. The highest BCUT2D eigenvalue weighted by atomic mass is 79.9. The lowest BCUT2D eigenvalue weighted by atomic mass is 9.92. The van der Waals surface area contributed by atoms with Crippen LogP contribution in [0.4, 0.5) is 0 Å². The monoisotopic (exact) mass is 285 g/mol. The van der Waals surface area contributed by atoms with E-state index in [-0.39, 0.29) is 6.04 Å². The van der Waals surface area contributed by atoms with E-state index in [0.717, 1.165) is 22.4 Å². The van der Waals surface area contributed by atoms with Gasteiger partial charge in [0, 0.05) is 12.0 Å². The van der Waals surface area contributed by atoms with Crippen LogP contribution in [0.3, 0.4) is 0 Å². The van der Waals surface area contributed by atoms with Gasteiger partial charge in [0.2, 0.25) is 0 Å². The van der Waals surface area contributed by atoms with Crippen LogP contribution in [0.1, 0.15) is 12.5 Å². The number of rotatable bonds is 2. The zero-order valence-corrected chi connectivity index (χ0v) is 11.1. The Morgan fingerprint density at radius 2 is 2.31 bits per heavy atom. The van der Waals surface area contributed by atoms with Gasteiger partial charge in [-0.3, -0.25) is 0 Å². The Hall–Kier alpha value is -0.740. The fourth-order valence-electron chi connectivity index (χ4n) is 1.92. The molecule has 0 spiro atoms. The van der Waals surface area contributed by atoms with Crippen LogP contribution in [-0.2, 0) is 6.42 Å². The van der Waals surface area contributed by atoms with Gasteiger partial charge in [-0.25, -0.2) is 0 Å². The maximum absolute atomic E-state index is 5.91. The molecule has 2 rings (SSSR count). The average Bonchev–Trinajstić information content (AvgIpc) is 2.28. The second-order valence-electron chi connectivity index (χ2n) is 4.23. The Morgan fingerprint density at radius 3 is 2.94 bits per heavy atom. The van der Waals surface area contributed by atoms with Crippen molar-refractivity contribution in [2.24, 2.45) is 11.7 Å². The van der Waals surface area contributed by atoms with Gasteiger partial charge in [0.05, 0.1) is 18.2 Å². The number of ether oxygens (including phenoxy) is 2. The molecule has 0 saturated carbocycles. The third-order valence-electron chi connectivity index (χ3n) is 3.00. The highest BCUT2D eigenvalue weighted by Crippen LogP contribution is 2.38. The quantitative estimate of drug-likeness (QED) is 0.907. The first-order valence-electron chi connectivity index (χ1n) is 5.36. The van der Waals surface area contributed by atoms with Gasteiger partial charge in [-0.15, -0.1) is 0 Å². The Balaban J connectivity index is 2.33. The van der Waals surface area contributed by atoms with Gasteiger partial charge >= 0.3 is 0 Å². The molecule has 2 N–H and O–H groups in total. The van der Waals surface area contributed by atoms with Crippen molar-refractivity contribution in [2.75, 3.05) is 13.7 Å². The van der Waals surface area contributed by atoms with Gasteiger partial charge in [-0.1, -0.05) is 0 Å². The second kappa shape index (κ2) is 4.63. The highest BCUT2D eigenvalue weighted by Gasteiger charge is 2.24. The molecule has 0 bridgehead atoms. The Kier molecular flexibility index (Phi) is 3.40. The van der Waals surface area contributed by atoms with E-state index in [1.54, 1.807) is 7.11 Å². The third kappa shape index (κ3) is 2.18. The number of halogens is 1. The van der Waals surface area contributed by atoms with E-state index < -0.39 is 0 Å². The molecule has 0 aliphatic carbocycles. The smallest absolute Gasteiger partial charge is 0.136 e. The minimum absolute atomic E-state index is 0.151. The second-order valence-corrected chi connectivity index (χ2v) is 5.09. The molecule has 0 aromatic heterocycles. The van der Waals surface area contributed by atoms with E-state index in [1.807, 2.05) is 19.1 Å². The molecule has 1 aliphatic rings. The van der Waals surface area contributed by atoms with E-state index in [4.69, 9.17) is 15.2 Å². The molecule has 0 radical (unpaired) electrons. The van der Waals surface area contributed by atoms with Crippen LogP contribution in [0.25, 0.3) is 0 Å². The fourth-order valence-corrected chi connectivity index (χ4v) is 2.52. The number of nitrogens with two attached hydrogens (primary N) is 1. The van der Waals surface area contributed by atoms with Crippen molar-refractivity contribution in [2.45, 2.75) is 19.4 Å². The molecule has 1 aromatic rings. The van der Waals surface area contributed by atoms with Crippen LogP contribution < -0.4 is 15.2 Å². The maximum Gasteiger partial charge on any atom is 0.136 e. The van der Waals surface area contributed by atoms with E-state index in [2.05, 4.69) is 15.9 Å². The molecule has 16 heavy (non-hydrogen) atoms. The summed E-state index contributed by atoms with van der Waals surface area (Å²) in [5.74, 6) is 2.16. The predicted molar refractivity (Wildman–Crippen MR) is 67.0 cm³/mol. The molecule has 2 unspecified atom stereocenters. The molecule has 0 fully saturated rings. The van der Waals surface area contributed by atoms with Crippen molar-refractivity contribution >= 4 is 15.9 Å². The summed E-state index contributed by atoms with van der Waals surface area (Å²) in [6.45, 7) is 2.71. The zero-order valence-electron chi connectivity index (χ0n) is 9.50. The zero-order chi connectivity index (χ0) is 11.7. The van der Waals surface area contributed by atoms with Crippen LogP contribution in [0.15, 0.2) is 16.6 Å². The van der Waals surface area contributed by atoms with Crippen molar-refractivity contribution in [1.29, 1.82) is 0 Å². The van der Waals surface area contributed by atoms with Gasteiger partial charge < -0.3 is 15.2 Å². The fraction of sp³-hybridized carbons (Fsp3) is 0.500. The van der Waals surface area contributed by atoms with Crippen molar-refractivity contribution < 1.29 is 9.47 Å². The number of benzene rings is 1. The first kappa shape index (κ1) is 11.7. The van der Waals surface area contributed by atoms with E-state index >= 15 is 0 Å². The first-order valence-corrected chi connectivity index (χ1v) is 6.16. The molecule has 0 amide bonds. The largest absolute Gasteiger partial charge is 0.497 e. The molecule has 4 heteroatoms. The van der Waals surface area contributed by atoms with Crippen LogP contribution >= 0.6 is 15.9 Å². The normalized spacial score (nSPS) is 20.9. The minimum atomic E-state index is 0.151. The molecule has 0 saturated heterocycles. The van der Waals surface area contributed by atoms with Gasteiger partial charge in [0.1, 0.15) is 11.5 Å². The summed E-state index contributed by atoms with van der Waals surface area (Å²) in [7, 11) is 1.67. The van der Waals surface area contributed by atoms with Crippen LogP contribution in [0.5, 0.6) is 11.5 Å². The van der Waals surface area contributed by atoms with Crippen molar-refractivity contribution in [1.82, 2.24) is 0 Å². The minimum Gasteiger partial charge on any atom is -0.497 e. The SMILES string of the molecule is COc1cc(Br)c2c(c1)CC(C(C)N)CO2.